The summed E-state index contributed by atoms with van der Waals surface area (Å²) >= 11 is 0. The number of hydrogen-bond donors (Lipinski definition) is 1. The van der Waals surface area contributed by atoms with Crippen molar-refractivity contribution < 1.29 is 27.5 Å². The third-order valence-corrected chi connectivity index (χ3v) is 7.06. The fourth-order valence-corrected chi connectivity index (χ4v) is 4.81. The molecule has 2 aromatic carbocycles. The Bertz CT molecular complexity index is 1280. The minimum atomic E-state index is -3.28. The Morgan fingerprint density at radius 3 is 2.56 bits per heavy atom. The molecule has 9 heteroatoms. The maximum Gasteiger partial charge on any atom is 0.414 e. The van der Waals surface area contributed by atoms with Crippen molar-refractivity contribution >= 4 is 39.4 Å². The first kappa shape index (κ1) is 23.7. The van der Waals surface area contributed by atoms with Gasteiger partial charge < -0.3 is 10.1 Å². The van der Waals surface area contributed by atoms with Crippen LogP contribution >= 0.6 is 0 Å². The second-order valence-electron chi connectivity index (χ2n) is 8.59. The molecule has 1 saturated heterocycles. The molecule has 0 bridgehead atoms. The number of anilines is 1. The van der Waals surface area contributed by atoms with E-state index in [0.29, 0.717) is 36.2 Å². The van der Waals surface area contributed by atoms with Gasteiger partial charge in [-0.2, -0.15) is 0 Å². The molecule has 1 N–H and O–H groups in total. The van der Waals surface area contributed by atoms with Crippen LogP contribution in [0.3, 0.4) is 0 Å². The summed E-state index contributed by atoms with van der Waals surface area (Å²) in [6, 6.07) is 11.8. The van der Waals surface area contributed by atoms with Crippen LogP contribution in [0.2, 0.25) is 0 Å². The first-order valence-electron chi connectivity index (χ1n) is 11.0. The van der Waals surface area contributed by atoms with Crippen LogP contribution in [0.25, 0.3) is 6.08 Å². The summed E-state index contributed by atoms with van der Waals surface area (Å²) in [5.74, 6) is -0.257. The monoisotopic (exact) mass is 482 g/mol. The normalized spacial score (nSPS) is 19.5. The smallest absolute Gasteiger partial charge is 0.414 e. The van der Waals surface area contributed by atoms with Crippen LogP contribution in [0, 0.1) is 0 Å². The lowest BCUT2D eigenvalue weighted by Gasteiger charge is -2.16. The average Bonchev–Trinajstić information content (AvgIpc) is 3.09. The van der Waals surface area contributed by atoms with Gasteiger partial charge in [0.1, 0.15) is 6.10 Å². The summed E-state index contributed by atoms with van der Waals surface area (Å²) < 4.78 is 28.7. The second kappa shape index (κ2) is 9.42. The van der Waals surface area contributed by atoms with E-state index in [1.165, 1.54) is 24.0 Å². The summed E-state index contributed by atoms with van der Waals surface area (Å²) in [6.45, 7) is 1.98. The molecular weight excluding hydrogens is 456 g/mol. The Morgan fingerprint density at radius 2 is 1.88 bits per heavy atom. The van der Waals surface area contributed by atoms with Gasteiger partial charge in [0, 0.05) is 30.0 Å². The standard InChI is InChI=1S/C25H26N2O6S/c1-16(28)26-14-21-15-27(25(30)33-21)20-8-11-23-18(13-20)4-3-5-19(24(23)29)12-17-6-9-22(10-7-17)34(2,31)32/h6-13,21H,3-5,14-15H2,1-2H3,(H,26,28)/b19-12-/t21-/m0/s1. The van der Waals surface area contributed by atoms with Crippen molar-refractivity contribution in [2.45, 2.75) is 37.2 Å². The first-order valence-corrected chi connectivity index (χ1v) is 12.9. The highest BCUT2D eigenvalue weighted by Gasteiger charge is 2.33. The maximum atomic E-state index is 13.3. The Balaban J connectivity index is 1.54. The second-order valence-corrected chi connectivity index (χ2v) is 10.6. The molecule has 2 amide bonds. The molecule has 0 unspecified atom stereocenters. The average molecular weight is 483 g/mol. The van der Waals surface area contributed by atoms with Gasteiger partial charge in [0.2, 0.25) is 5.91 Å². The maximum absolute atomic E-state index is 13.3. The van der Waals surface area contributed by atoms with Crippen LogP contribution in [0.15, 0.2) is 52.9 Å². The molecule has 178 valence electrons. The van der Waals surface area contributed by atoms with Gasteiger partial charge in [-0.3, -0.25) is 14.5 Å². The van der Waals surface area contributed by atoms with Crippen LogP contribution in [-0.2, 0) is 25.8 Å². The van der Waals surface area contributed by atoms with Gasteiger partial charge in [0.05, 0.1) is 18.0 Å². The lowest BCUT2D eigenvalue weighted by atomic mass is 9.97. The molecule has 0 saturated carbocycles. The molecule has 1 atom stereocenters. The number of rotatable bonds is 5. The highest BCUT2D eigenvalue weighted by atomic mass is 32.2. The van der Waals surface area contributed by atoms with Crippen molar-refractivity contribution in [1.29, 1.82) is 0 Å². The zero-order chi connectivity index (χ0) is 24.5. The van der Waals surface area contributed by atoms with E-state index in [1.807, 2.05) is 12.1 Å². The predicted molar refractivity (Wildman–Crippen MR) is 128 cm³/mol. The number of benzene rings is 2. The number of Topliss-reactive ketones (excluding diaryl/α,β-unsaturated/α-hetero) is 1. The number of nitrogens with zero attached hydrogens (tertiary/aromatic N) is 1. The molecule has 8 nitrogen and oxygen atoms in total. The van der Waals surface area contributed by atoms with Gasteiger partial charge in [0.25, 0.3) is 0 Å². The molecule has 0 spiro atoms. The highest BCUT2D eigenvalue weighted by Crippen LogP contribution is 2.30. The van der Waals surface area contributed by atoms with Gasteiger partial charge in [-0.1, -0.05) is 12.1 Å². The minimum absolute atomic E-state index is 0.0706. The van der Waals surface area contributed by atoms with E-state index >= 15 is 0 Å². The number of ether oxygens (including phenoxy) is 1. The fourth-order valence-electron chi connectivity index (χ4n) is 4.18. The quantitative estimate of drug-likeness (QED) is 0.518. The van der Waals surface area contributed by atoms with E-state index in [9.17, 15) is 22.8 Å². The zero-order valence-corrected chi connectivity index (χ0v) is 19.9. The highest BCUT2D eigenvalue weighted by molar-refractivity contribution is 7.90. The summed E-state index contributed by atoms with van der Waals surface area (Å²) in [5.41, 5.74) is 3.56. The molecule has 1 aliphatic carbocycles. The lowest BCUT2D eigenvalue weighted by Crippen LogP contribution is -2.33. The number of aryl methyl sites for hydroxylation is 1. The third kappa shape index (κ3) is 5.20. The van der Waals surface area contributed by atoms with Crippen molar-refractivity contribution in [3.05, 3.63) is 64.7 Å². The zero-order valence-electron chi connectivity index (χ0n) is 19.0. The van der Waals surface area contributed by atoms with E-state index in [0.717, 1.165) is 23.8 Å². The Morgan fingerprint density at radius 1 is 1.15 bits per heavy atom. The van der Waals surface area contributed by atoms with Crippen molar-refractivity contribution in [1.82, 2.24) is 5.32 Å². The number of fused-ring (bicyclic) bond motifs is 1. The van der Waals surface area contributed by atoms with Gasteiger partial charge in [0.15, 0.2) is 15.6 Å². The largest absolute Gasteiger partial charge is 0.442 e. The van der Waals surface area contributed by atoms with Crippen LogP contribution in [0.5, 0.6) is 0 Å². The van der Waals surface area contributed by atoms with E-state index in [-0.39, 0.29) is 23.1 Å². The molecule has 34 heavy (non-hydrogen) atoms. The fraction of sp³-hybridized carbons (Fsp3) is 0.320. The number of hydrogen-bond acceptors (Lipinski definition) is 6. The van der Waals surface area contributed by atoms with Crippen LogP contribution < -0.4 is 10.2 Å². The van der Waals surface area contributed by atoms with Crippen LogP contribution in [0.1, 0.15) is 41.3 Å². The third-order valence-electron chi connectivity index (χ3n) is 5.93. The number of carbonyl (C=O) groups is 3. The molecule has 1 fully saturated rings. The van der Waals surface area contributed by atoms with Gasteiger partial charge in [-0.05, 0) is 66.8 Å². The summed E-state index contributed by atoms with van der Waals surface area (Å²) in [7, 11) is -3.28. The van der Waals surface area contributed by atoms with E-state index < -0.39 is 22.0 Å². The first-order chi connectivity index (χ1) is 16.1. The molecular formula is C25H26N2O6S. The number of carbonyl (C=O) groups excluding carboxylic acids is 3. The number of cyclic esters (lactones) is 1. The molecule has 0 radical (unpaired) electrons. The number of allylic oxidation sites excluding steroid dienone is 1. The summed E-state index contributed by atoms with van der Waals surface area (Å²) in [6.07, 6.45) is 4.12. The molecule has 4 rings (SSSR count). The van der Waals surface area contributed by atoms with Crippen molar-refractivity contribution in [3.63, 3.8) is 0 Å². The Hall–Kier alpha value is -3.46. The minimum Gasteiger partial charge on any atom is -0.442 e. The van der Waals surface area contributed by atoms with E-state index in [1.54, 1.807) is 24.3 Å². The summed E-state index contributed by atoms with van der Waals surface area (Å²) in [5, 5.41) is 2.66. The van der Waals surface area contributed by atoms with Crippen LogP contribution in [0.4, 0.5) is 10.5 Å². The van der Waals surface area contributed by atoms with Gasteiger partial charge >= 0.3 is 6.09 Å². The van der Waals surface area contributed by atoms with E-state index in [4.69, 9.17) is 4.74 Å². The predicted octanol–water partition coefficient (Wildman–Crippen LogP) is 3.15. The van der Waals surface area contributed by atoms with Gasteiger partial charge in [-0.25, -0.2) is 13.2 Å². The number of amides is 2. The number of sulfone groups is 1. The Labute approximate surface area is 198 Å². The molecule has 2 aliphatic rings. The molecule has 0 aromatic heterocycles. The van der Waals surface area contributed by atoms with Gasteiger partial charge in [-0.15, -0.1) is 0 Å². The Kier molecular flexibility index (Phi) is 6.56. The summed E-state index contributed by atoms with van der Waals surface area (Å²) in [4.78, 5) is 38.5. The van der Waals surface area contributed by atoms with Crippen molar-refractivity contribution in [3.8, 4) is 0 Å². The molecule has 1 aliphatic heterocycles. The molecule has 2 aromatic rings. The van der Waals surface area contributed by atoms with Crippen LogP contribution in [-0.4, -0.2) is 51.7 Å². The number of nitrogens with one attached hydrogen (secondary N) is 1. The topological polar surface area (TPSA) is 110 Å². The lowest BCUT2D eigenvalue weighted by molar-refractivity contribution is -0.119. The van der Waals surface area contributed by atoms with Crippen molar-refractivity contribution in [2.75, 3.05) is 24.2 Å². The SMILES string of the molecule is CC(=O)NC[C@H]1CN(c2ccc3c(c2)CCC/C(=C/c2ccc(S(C)(=O)=O)cc2)C3=O)C(=O)O1. The van der Waals surface area contributed by atoms with Crippen molar-refractivity contribution in [2.24, 2.45) is 0 Å². The van der Waals surface area contributed by atoms with E-state index in [2.05, 4.69) is 5.32 Å². The number of ketones is 1. The molecule has 1 heterocycles.